The third-order valence-corrected chi connectivity index (χ3v) is 7.04. The first-order valence-corrected chi connectivity index (χ1v) is 15.3. The van der Waals surface area contributed by atoms with Crippen molar-refractivity contribution in [1.82, 2.24) is 4.90 Å². The topological polar surface area (TPSA) is 79.2 Å². The summed E-state index contributed by atoms with van der Waals surface area (Å²) in [5, 5.41) is 18.9. The third-order valence-electron chi connectivity index (χ3n) is 7.04. The van der Waals surface area contributed by atoms with Crippen molar-refractivity contribution in [2.75, 3.05) is 19.7 Å². The van der Waals surface area contributed by atoms with E-state index in [-0.39, 0.29) is 5.75 Å². The van der Waals surface area contributed by atoms with Crippen LogP contribution in [0.1, 0.15) is 110 Å². The molecule has 0 aliphatic heterocycles. The summed E-state index contributed by atoms with van der Waals surface area (Å²) in [5.41, 5.74) is 0. The van der Waals surface area contributed by atoms with E-state index in [1.54, 1.807) is 29.2 Å². The van der Waals surface area contributed by atoms with Crippen LogP contribution in [0.5, 0.6) is 23.0 Å². The van der Waals surface area contributed by atoms with Crippen LogP contribution >= 0.6 is 0 Å². The summed E-state index contributed by atoms with van der Waals surface area (Å²) >= 11 is 0. The average molecular weight is 542 g/mol. The summed E-state index contributed by atoms with van der Waals surface area (Å²) in [7, 11) is 0. The molecule has 0 atom stereocenters. The molecule has 2 N–H and O–H groups in total. The molecule has 1 amide bonds. The maximum absolute atomic E-state index is 11.6. The first-order valence-electron chi connectivity index (χ1n) is 15.3. The van der Waals surface area contributed by atoms with Crippen LogP contribution in [0.15, 0.2) is 48.5 Å². The summed E-state index contributed by atoms with van der Waals surface area (Å²) in [5.74, 6) is 2.38. The number of rotatable bonds is 23. The molecule has 0 unspecified atom stereocenters. The predicted octanol–water partition coefficient (Wildman–Crippen LogP) is 9.80. The molecule has 2 aromatic rings. The molecule has 6 heteroatoms. The number of benzene rings is 2. The fourth-order valence-electron chi connectivity index (χ4n) is 4.65. The molecule has 0 radical (unpaired) electrons. The Kier molecular flexibility index (Phi) is 17.4. The van der Waals surface area contributed by atoms with Crippen molar-refractivity contribution < 1.29 is 24.5 Å². The molecule has 2 rings (SSSR count). The standard InChI is InChI=1S/C33H51NO5/c1-2-3-4-5-6-7-8-9-10-11-12-15-26-34(33(36)37)27-16-13-14-17-28-38-30-22-24-32(25-23-30)39-31-20-18-29(35)19-21-31/h18-25,35H,2-17,26-28H2,1H3,(H,36,37). The van der Waals surface area contributed by atoms with Crippen molar-refractivity contribution in [1.29, 1.82) is 0 Å². The number of hydrogen-bond donors (Lipinski definition) is 2. The Hall–Kier alpha value is -2.89. The van der Waals surface area contributed by atoms with E-state index < -0.39 is 6.09 Å². The minimum Gasteiger partial charge on any atom is -0.508 e. The Balaban J connectivity index is 1.44. The van der Waals surface area contributed by atoms with E-state index in [1.807, 2.05) is 24.3 Å². The van der Waals surface area contributed by atoms with E-state index in [2.05, 4.69) is 6.92 Å². The molecule has 0 saturated carbocycles. The van der Waals surface area contributed by atoms with E-state index >= 15 is 0 Å². The minimum atomic E-state index is -0.792. The highest BCUT2D eigenvalue weighted by Crippen LogP contribution is 2.25. The Labute approximate surface area is 236 Å². The highest BCUT2D eigenvalue weighted by atomic mass is 16.5. The van der Waals surface area contributed by atoms with E-state index in [1.165, 1.54) is 64.2 Å². The van der Waals surface area contributed by atoms with Gasteiger partial charge in [0.2, 0.25) is 0 Å². The normalized spacial score (nSPS) is 10.9. The number of phenolic OH excluding ortho intramolecular Hbond substituents is 1. The van der Waals surface area contributed by atoms with Gasteiger partial charge in [-0.05, 0) is 67.8 Å². The molecule has 0 heterocycles. The predicted molar refractivity (Wildman–Crippen MR) is 159 cm³/mol. The van der Waals surface area contributed by atoms with E-state index in [0.29, 0.717) is 31.2 Å². The molecule has 0 saturated heterocycles. The molecule has 39 heavy (non-hydrogen) atoms. The van der Waals surface area contributed by atoms with Crippen LogP contribution in [0.4, 0.5) is 4.79 Å². The van der Waals surface area contributed by atoms with Gasteiger partial charge < -0.3 is 24.6 Å². The van der Waals surface area contributed by atoms with Crippen molar-refractivity contribution in [3.8, 4) is 23.0 Å². The number of hydrogen-bond acceptors (Lipinski definition) is 4. The lowest BCUT2D eigenvalue weighted by molar-refractivity contribution is 0.143. The van der Waals surface area contributed by atoms with Crippen molar-refractivity contribution >= 4 is 6.09 Å². The highest BCUT2D eigenvalue weighted by Gasteiger charge is 2.10. The molecule has 2 aromatic carbocycles. The summed E-state index contributed by atoms with van der Waals surface area (Å²) in [6.07, 6.45) is 18.6. The van der Waals surface area contributed by atoms with Gasteiger partial charge in [0.25, 0.3) is 0 Å². The number of amides is 1. The van der Waals surface area contributed by atoms with Crippen molar-refractivity contribution in [3.63, 3.8) is 0 Å². The minimum absolute atomic E-state index is 0.208. The zero-order valence-corrected chi connectivity index (χ0v) is 24.1. The SMILES string of the molecule is CCCCCCCCCCCCCCN(CCCCCCOc1ccc(Oc2ccc(O)cc2)cc1)C(=O)O. The first kappa shape index (κ1) is 32.3. The second-order valence-corrected chi connectivity index (χ2v) is 10.5. The number of aromatic hydroxyl groups is 1. The van der Waals surface area contributed by atoms with Crippen LogP contribution in [0.2, 0.25) is 0 Å². The Bertz CT molecular complexity index is 869. The zero-order chi connectivity index (χ0) is 28.0. The highest BCUT2D eigenvalue weighted by molar-refractivity contribution is 5.64. The van der Waals surface area contributed by atoms with Gasteiger partial charge >= 0.3 is 6.09 Å². The number of unbranched alkanes of at least 4 members (excludes halogenated alkanes) is 14. The van der Waals surface area contributed by atoms with E-state index in [0.717, 1.165) is 44.3 Å². The van der Waals surface area contributed by atoms with Gasteiger partial charge in [0.05, 0.1) is 6.61 Å². The lowest BCUT2D eigenvalue weighted by Crippen LogP contribution is -2.31. The molecule has 0 spiro atoms. The number of ether oxygens (including phenoxy) is 2. The van der Waals surface area contributed by atoms with Gasteiger partial charge in [-0.3, -0.25) is 0 Å². The molecule has 0 aromatic heterocycles. The lowest BCUT2D eigenvalue weighted by atomic mass is 10.1. The van der Waals surface area contributed by atoms with Crippen LogP contribution in [-0.2, 0) is 0 Å². The van der Waals surface area contributed by atoms with Gasteiger partial charge in [0, 0.05) is 13.1 Å². The summed E-state index contributed by atoms with van der Waals surface area (Å²) < 4.78 is 11.6. The molecule has 6 nitrogen and oxygen atoms in total. The van der Waals surface area contributed by atoms with Crippen LogP contribution < -0.4 is 9.47 Å². The van der Waals surface area contributed by atoms with Crippen LogP contribution in [0, 0.1) is 0 Å². The van der Waals surface area contributed by atoms with Crippen LogP contribution in [-0.4, -0.2) is 40.9 Å². The fourth-order valence-corrected chi connectivity index (χ4v) is 4.65. The Morgan fingerprint density at radius 2 is 1.03 bits per heavy atom. The van der Waals surface area contributed by atoms with Gasteiger partial charge in [-0.25, -0.2) is 4.79 Å². The molecule has 0 aliphatic carbocycles. The first-order chi connectivity index (χ1) is 19.1. The van der Waals surface area contributed by atoms with E-state index in [4.69, 9.17) is 9.47 Å². The van der Waals surface area contributed by atoms with Crippen molar-refractivity contribution in [2.24, 2.45) is 0 Å². The monoisotopic (exact) mass is 541 g/mol. The van der Waals surface area contributed by atoms with Crippen LogP contribution in [0.25, 0.3) is 0 Å². The quantitative estimate of drug-likeness (QED) is 0.137. The maximum atomic E-state index is 11.6. The van der Waals surface area contributed by atoms with Gasteiger partial charge in [-0.2, -0.15) is 0 Å². The summed E-state index contributed by atoms with van der Waals surface area (Å²) in [4.78, 5) is 13.2. The Morgan fingerprint density at radius 1 is 0.615 bits per heavy atom. The Morgan fingerprint density at radius 3 is 1.51 bits per heavy atom. The number of carbonyl (C=O) groups is 1. The molecule has 0 aliphatic rings. The van der Waals surface area contributed by atoms with Crippen molar-refractivity contribution in [2.45, 2.75) is 110 Å². The molecule has 0 bridgehead atoms. The number of carboxylic acid groups (broad SMARTS) is 1. The van der Waals surface area contributed by atoms with E-state index in [9.17, 15) is 15.0 Å². The molecule has 218 valence electrons. The fraction of sp³-hybridized carbons (Fsp3) is 0.606. The molecule has 0 fully saturated rings. The second kappa shape index (κ2) is 21.0. The van der Waals surface area contributed by atoms with Gasteiger partial charge in [0.15, 0.2) is 0 Å². The third kappa shape index (κ3) is 16.0. The molecular weight excluding hydrogens is 490 g/mol. The van der Waals surface area contributed by atoms with Crippen LogP contribution in [0.3, 0.4) is 0 Å². The number of phenols is 1. The largest absolute Gasteiger partial charge is 0.508 e. The molecular formula is C33H51NO5. The maximum Gasteiger partial charge on any atom is 0.407 e. The summed E-state index contributed by atoms with van der Waals surface area (Å²) in [6, 6.07) is 14.1. The van der Waals surface area contributed by atoms with Gasteiger partial charge in [-0.15, -0.1) is 0 Å². The average Bonchev–Trinajstić information content (AvgIpc) is 2.94. The van der Waals surface area contributed by atoms with Gasteiger partial charge in [0.1, 0.15) is 23.0 Å². The van der Waals surface area contributed by atoms with Gasteiger partial charge in [-0.1, -0.05) is 90.4 Å². The number of nitrogens with zero attached hydrogens (tertiary/aromatic N) is 1. The smallest absolute Gasteiger partial charge is 0.407 e. The lowest BCUT2D eigenvalue weighted by Gasteiger charge is -2.19. The summed E-state index contributed by atoms with van der Waals surface area (Å²) in [6.45, 7) is 4.18. The van der Waals surface area contributed by atoms with Crippen molar-refractivity contribution in [3.05, 3.63) is 48.5 Å². The second-order valence-electron chi connectivity index (χ2n) is 10.5. The zero-order valence-electron chi connectivity index (χ0n) is 24.1.